The third-order valence-corrected chi connectivity index (χ3v) is 4.57. The Kier molecular flexibility index (Phi) is 4.70. The van der Waals surface area contributed by atoms with Crippen LogP contribution in [0.1, 0.15) is 37.3 Å². The molecule has 20 heavy (non-hydrogen) atoms. The van der Waals surface area contributed by atoms with Crippen molar-refractivity contribution in [3.63, 3.8) is 0 Å². The van der Waals surface area contributed by atoms with Crippen LogP contribution in [0.15, 0.2) is 12.3 Å². The molecule has 1 aromatic rings. The number of hydrogen-bond donors (Lipinski definition) is 1. The maximum absolute atomic E-state index is 8.97. The molecule has 5 nitrogen and oxygen atoms in total. The Bertz CT molecular complexity index is 415. The van der Waals surface area contributed by atoms with Gasteiger partial charge in [0, 0.05) is 37.9 Å². The van der Waals surface area contributed by atoms with Crippen LogP contribution in [0, 0.1) is 0 Å². The van der Waals surface area contributed by atoms with E-state index in [4.69, 9.17) is 9.84 Å². The number of aliphatic hydroxyl groups excluding tert-OH is 1. The third-order valence-electron chi connectivity index (χ3n) is 4.57. The summed E-state index contributed by atoms with van der Waals surface area (Å²) in [6.45, 7) is 4.92. The minimum atomic E-state index is 0.153. The molecule has 0 spiro atoms. The Balaban J connectivity index is 1.61. The van der Waals surface area contributed by atoms with Crippen molar-refractivity contribution in [1.29, 1.82) is 0 Å². The summed E-state index contributed by atoms with van der Waals surface area (Å²) in [5.74, 6) is 0.548. The van der Waals surface area contributed by atoms with Crippen LogP contribution in [0.3, 0.4) is 0 Å². The molecule has 0 amide bonds. The Morgan fingerprint density at radius 2 is 2.15 bits per heavy atom. The number of nitrogens with zero attached hydrogens (tertiary/aromatic N) is 3. The minimum Gasteiger partial charge on any atom is -0.394 e. The first-order valence-electron chi connectivity index (χ1n) is 7.83. The lowest BCUT2D eigenvalue weighted by atomic mass is 9.92. The largest absolute Gasteiger partial charge is 0.394 e. The number of aliphatic hydroxyl groups is 1. The number of rotatable bonds is 4. The fourth-order valence-corrected chi connectivity index (χ4v) is 3.45. The molecule has 0 saturated carbocycles. The summed E-state index contributed by atoms with van der Waals surface area (Å²) in [6, 6.07) is 2.82. The molecular weight excluding hydrogens is 254 g/mol. The third kappa shape index (κ3) is 3.22. The number of hydrogen-bond acceptors (Lipinski definition) is 4. The van der Waals surface area contributed by atoms with Gasteiger partial charge in [0.1, 0.15) is 0 Å². The predicted molar refractivity (Wildman–Crippen MR) is 76.7 cm³/mol. The van der Waals surface area contributed by atoms with Gasteiger partial charge in [0.2, 0.25) is 0 Å². The summed E-state index contributed by atoms with van der Waals surface area (Å²) < 4.78 is 7.32. The van der Waals surface area contributed by atoms with Gasteiger partial charge in [-0.2, -0.15) is 5.10 Å². The van der Waals surface area contributed by atoms with E-state index in [-0.39, 0.29) is 6.61 Å². The van der Waals surface area contributed by atoms with Crippen molar-refractivity contribution in [2.24, 2.45) is 0 Å². The second kappa shape index (κ2) is 6.70. The van der Waals surface area contributed by atoms with Gasteiger partial charge in [0.15, 0.2) is 0 Å². The van der Waals surface area contributed by atoms with Gasteiger partial charge in [-0.3, -0.25) is 9.58 Å². The van der Waals surface area contributed by atoms with E-state index in [2.05, 4.69) is 16.1 Å². The Labute approximate surface area is 120 Å². The van der Waals surface area contributed by atoms with Gasteiger partial charge in [0.25, 0.3) is 0 Å². The van der Waals surface area contributed by atoms with Crippen LogP contribution in [0.2, 0.25) is 0 Å². The first-order chi connectivity index (χ1) is 9.86. The van der Waals surface area contributed by atoms with Crippen LogP contribution in [-0.2, 0) is 11.3 Å². The fourth-order valence-electron chi connectivity index (χ4n) is 3.45. The molecule has 2 saturated heterocycles. The van der Waals surface area contributed by atoms with E-state index in [0.717, 1.165) is 19.8 Å². The number of ether oxygens (including phenoxy) is 1. The Morgan fingerprint density at radius 3 is 2.95 bits per heavy atom. The summed E-state index contributed by atoms with van der Waals surface area (Å²) in [6.07, 6.45) is 6.82. The van der Waals surface area contributed by atoms with Gasteiger partial charge in [0.05, 0.1) is 18.8 Å². The lowest BCUT2D eigenvalue weighted by Gasteiger charge is -2.39. The first kappa shape index (κ1) is 14.0. The monoisotopic (exact) mass is 279 g/mol. The topological polar surface area (TPSA) is 50.5 Å². The molecule has 1 aromatic heterocycles. The van der Waals surface area contributed by atoms with E-state index >= 15 is 0 Å². The van der Waals surface area contributed by atoms with Crippen molar-refractivity contribution in [1.82, 2.24) is 14.7 Å². The molecule has 0 aliphatic carbocycles. The summed E-state index contributed by atoms with van der Waals surface area (Å²) in [7, 11) is 0. The summed E-state index contributed by atoms with van der Waals surface area (Å²) in [5, 5.41) is 13.6. The lowest BCUT2D eigenvalue weighted by Crippen LogP contribution is -2.44. The number of piperidine rings is 1. The van der Waals surface area contributed by atoms with E-state index in [1.807, 2.05) is 10.9 Å². The van der Waals surface area contributed by atoms with Crippen molar-refractivity contribution in [3.8, 4) is 0 Å². The van der Waals surface area contributed by atoms with Crippen molar-refractivity contribution in [2.45, 2.75) is 44.2 Å². The fraction of sp³-hybridized carbons (Fsp3) is 0.800. The summed E-state index contributed by atoms with van der Waals surface area (Å²) >= 11 is 0. The standard InChI is InChI=1S/C15H25N3O2/c19-9-8-18-7-3-15(16-18)13-2-1-6-17(12-13)14-4-10-20-11-5-14/h3,7,13-14,19H,1-2,4-6,8-12H2/t13-/m0/s1. The highest BCUT2D eigenvalue weighted by molar-refractivity contribution is 5.08. The van der Waals surface area contributed by atoms with Crippen LogP contribution in [0.5, 0.6) is 0 Å². The Morgan fingerprint density at radius 1 is 1.30 bits per heavy atom. The van der Waals surface area contributed by atoms with Crippen molar-refractivity contribution >= 4 is 0 Å². The normalized spacial score (nSPS) is 25.9. The highest BCUT2D eigenvalue weighted by Crippen LogP contribution is 2.28. The van der Waals surface area contributed by atoms with Crippen molar-refractivity contribution < 1.29 is 9.84 Å². The molecule has 1 atom stereocenters. The van der Waals surface area contributed by atoms with Gasteiger partial charge in [-0.1, -0.05) is 0 Å². The molecule has 112 valence electrons. The van der Waals surface area contributed by atoms with Crippen molar-refractivity contribution in [3.05, 3.63) is 18.0 Å². The number of likely N-dealkylation sites (tertiary alicyclic amines) is 1. The van der Waals surface area contributed by atoms with Crippen LogP contribution < -0.4 is 0 Å². The molecule has 0 bridgehead atoms. The zero-order chi connectivity index (χ0) is 13.8. The van der Waals surface area contributed by atoms with E-state index in [9.17, 15) is 0 Å². The van der Waals surface area contributed by atoms with E-state index in [1.54, 1.807) is 0 Å². The SMILES string of the molecule is OCCn1ccc([C@H]2CCCN(C3CCOCC3)C2)n1. The second-order valence-electron chi connectivity index (χ2n) is 5.90. The molecule has 2 aliphatic heterocycles. The zero-order valence-electron chi connectivity index (χ0n) is 12.1. The molecular formula is C15H25N3O2. The van der Waals surface area contributed by atoms with Crippen LogP contribution in [0.4, 0.5) is 0 Å². The maximum Gasteiger partial charge on any atom is 0.0668 e. The van der Waals surface area contributed by atoms with E-state index in [1.165, 1.54) is 37.9 Å². The predicted octanol–water partition coefficient (Wildman–Crippen LogP) is 1.23. The molecule has 3 rings (SSSR count). The van der Waals surface area contributed by atoms with Gasteiger partial charge < -0.3 is 9.84 Å². The van der Waals surface area contributed by atoms with Crippen LogP contribution >= 0.6 is 0 Å². The quantitative estimate of drug-likeness (QED) is 0.901. The van der Waals surface area contributed by atoms with E-state index in [0.29, 0.717) is 18.5 Å². The number of aromatic nitrogens is 2. The molecule has 1 N–H and O–H groups in total. The van der Waals surface area contributed by atoms with Gasteiger partial charge in [-0.15, -0.1) is 0 Å². The van der Waals surface area contributed by atoms with Gasteiger partial charge >= 0.3 is 0 Å². The average molecular weight is 279 g/mol. The first-order valence-corrected chi connectivity index (χ1v) is 7.83. The molecule has 0 unspecified atom stereocenters. The highest BCUT2D eigenvalue weighted by atomic mass is 16.5. The molecule has 2 aliphatic rings. The van der Waals surface area contributed by atoms with Crippen LogP contribution in [-0.4, -0.2) is 58.7 Å². The highest BCUT2D eigenvalue weighted by Gasteiger charge is 2.28. The Hall–Kier alpha value is -0.910. The molecule has 3 heterocycles. The summed E-state index contributed by atoms with van der Waals surface area (Å²) in [5.41, 5.74) is 1.19. The summed E-state index contributed by atoms with van der Waals surface area (Å²) in [4.78, 5) is 2.64. The van der Waals surface area contributed by atoms with Gasteiger partial charge in [-0.25, -0.2) is 0 Å². The molecule has 2 fully saturated rings. The molecule has 5 heteroatoms. The maximum atomic E-state index is 8.97. The van der Waals surface area contributed by atoms with Crippen LogP contribution in [0.25, 0.3) is 0 Å². The lowest BCUT2D eigenvalue weighted by molar-refractivity contribution is 0.0237. The molecule has 0 aromatic carbocycles. The van der Waals surface area contributed by atoms with Crippen molar-refractivity contribution in [2.75, 3.05) is 32.9 Å². The zero-order valence-corrected chi connectivity index (χ0v) is 12.1. The minimum absolute atomic E-state index is 0.153. The smallest absolute Gasteiger partial charge is 0.0668 e. The molecule has 0 radical (unpaired) electrons. The second-order valence-corrected chi connectivity index (χ2v) is 5.90. The average Bonchev–Trinajstić information content (AvgIpc) is 2.97. The van der Waals surface area contributed by atoms with Gasteiger partial charge in [-0.05, 0) is 38.3 Å². The van der Waals surface area contributed by atoms with E-state index < -0.39 is 0 Å².